The van der Waals surface area contributed by atoms with Gasteiger partial charge in [-0.15, -0.1) is 24.8 Å². The average Bonchev–Trinajstić information content (AvgIpc) is 0.813. The third-order valence-electron chi connectivity index (χ3n) is 20.5. The van der Waals surface area contributed by atoms with Gasteiger partial charge in [-0.25, -0.2) is 73.9 Å². The molecule has 808 valence electrons. The molecule has 5 fully saturated rings. The molecule has 0 saturated carbocycles. The minimum atomic E-state index is -3.68. The molecule has 0 aromatic heterocycles. The van der Waals surface area contributed by atoms with Crippen LogP contribution in [0.5, 0.6) is 11.5 Å². The third kappa shape index (κ3) is 62.5. The zero-order valence-electron chi connectivity index (χ0n) is 84.1. The largest absolute Gasteiger partial charge is 1.00 e. The summed E-state index contributed by atoms with van der Waals surface area (Å²) in [5.41, 5.74) is 12.1. The maximum Gasteiger partial charge on any atom is 1.00 e. The molecule has 5 aliphatic heterocycles. The molecule has 7 aromatic carbocycles. The van der Waals surface area contributed by atoms with Crippen molar-refractivity contribution < 1.29 is 214 Å². The van der Waals surface area contributed by atoms with Crippen LogP contribution in [0, 0.1) is 0 Å². The normalized spacial score (nSPS) is 14.5. The quantitative estimate of drug-likeness (QED) is 0.00151. The smallest absolute Gasteiger partial charge is 1.00 e. The molecule has 55 heteroatoms. The van der Waals surface area contributed by atoms with E-state index in [1.807, 2.05) is 28.9 Å². The van der Waals surface area contributed by atoms with Crippen LogP contribution >= 0.6 is 54.1 Å². The van der Waals surface area contributed by atoms with E-state index in [-0.39, 0.29) is 189 Å². The number of halogens is 4. The van der Waals surface area contributed by atoms with E-state index in [9.17, 15) is 81.1 Å². The molecule has 44 nitrogen and oxygen atoms in total. The van der Waals surface area contributed by atoms with Gasteiger partial charge in [0.25, 0.3) is 21.4 Å². The monoisotopic (exact) mass is 2370 g/mol. The van der Waals surface area contributed by atoms with E-state index in [0.29, 0.717) is 86.9 Å². The number of hydrogen-bond acceptors (Lipinski definition) is 38. The first-order valence-electron chi connectivity index (χ1n) is 44.9. The number of nitrogens with zero attached hydrogens (tertiary/aromatic N) is 8. The second kappa shape index (κ2) is 79.6. The molecule has 0 spiro atoms. The number of allylic oxidation sites excluding steroid dienone is 2. The molecule has 21 N–H and O–H groups in total. The Morgan fingerprint density at radius 3 is 0.993 bits per heavy atom. The second-order valence-electron chi connectivity index (χ2n) is 31.2. The molecule has 7 aromatic rings. The van der Waals surface area contributed by atoms with Gasteiger partial charge in [-0.2, -0.15) is 5.10 Å². The number of hydrazone groups is 1. The van der Waals surface area contributed by atoms with Gasteiger partial charge in [-0.05, 0) is 145 Å². The number of primary sulfonamides is 4. The molecular formula is C92H136Br2Cl2K2N20O24S5. The van der Waals surface area contributed by atoms with Crippen LogP contribution in [0.2, 0.25) is 0 Å². The number of carbonyl (C=O) groups excluding carboxylic acids is 7. The third-order valence-corrected chi connectivity index (χ3v) is 27.1. The first-order valence-corrected chi connectivity index (χ1v) is 56.2. The van der Waals surface area contributed by atoms with E-state index < -0.39 is 49.1 Å². The van der Waals surface area contributed by atoms with Crippen molar-refractivity contribution in [2.45, 2.75) is 88.4 Å². The van der Waals surface area contributed by atoms with Gasteiger partial charge >= 0.3 is 121 Å². The van der Waals surface area contributed by atoms with Crippen LogP contribution in [-0.2, 0) is 140 Å². The fourth-order valence-electron chi connectivity index (χ4n) is 13.1. The summed E-state index contributed by atoms with van der Waals surface area (Å²) < 4.78 is 125. The van der Waals surface area contributed by atoms with E-state index in [0.717, 1.165) is 183 Å². The fourth-order valence-corrected chi connectivity index (χ4v) is 16.8. The second-order valence-corrected chi connectivity index (χ2v) is 41.4. The first kappa shape index (κ1) is 141. The number of carbonyl (C=O) groups is 7. The first-order chi connectivity index (χ1) is 68.9. The van der Waals surface area contributed by atoms with Crippen LogP contribution in [0.3, 0.4) is 0 Å². The number of aromatic hydroxyl groups is 2. The minimum Gasteiger partial charge on any atom is -1.00 e. The predicted octanol–water partition coefficient (Wildman–Crippen LogP) is -4.04. The van der Waals surface area contributed by atoms with Crippen molar-refractivity contribution in [2.75, 3.05) is 183 Å². The Morgan fingerprint density at radius 2 is 0.721 bits per heavy atom. The van der Waals surface area contributed by atoms with Crippen LogP contribution < -0.4 is 173 Å². The fraction of sp³-hybridized carbons (Fsp3) is 0.413. The molecule has 147 heavy (non-hydrogen) atoms. The average molecular weight is 2380 g/mol. The van der Waals surface area contributed by atoms with Crippen molar-refractivity contribution in [3.05, 3.63) is 233 Å². The van der Waals surface area contributed by atoms with Gasteiger partial charge in [-0.1, -0.05) is 129 Å². The Bertz CT molecular complexity index is 5590. The Hall–Kier alpha value is -6.38. The number of phenols is 2. The molecule has 5 aliphatic rings. The van der Waals surface area contributed by atoms with Gasteiger partial charge in [0.05, 0.1) is 82.3 Å². The van der Waals surface area contributed by atoms with E-state index in [1.165, 1.54) is 66.9 Å². The van der Waals surface area contributed by atoms with Crippen molar-refractivity contribution in [1.29, 1.82) is 0 Å². The summed E-state index contributed by atoms with van der Waals surface area (Å²) in [4.78, 5) is 93.3. The maximum atomic E-state index is 12.2. The van der Waals surface area contributed by atoms with Gasteiger partial charge in [0.1, 0.15) is 17.4 Å². The molecule has 0 atom stereocenters. The van der Waals surface area contributed by atoms with Crippen LogP contribution in [0.1, 0.15) is 77.1 Å². The molecule has 5 heterocycles. The minimum absolute atomic E-state index is 0. The summed E-state index contributed by atoms with van der Waals surface area (Å²) in [6.45, 7) is 35.3. The number of piperazine rings is 5. The number of para-hydroxylation sites is 2. The van der Waals surface area contributed by atoms with Crippen molar-refractivity contribution in [1.82, 2.24) is 61.1 Å². The molecule has 5 saturated heterocycles. The maximum absolute atomic E-state index is 12.2. The number of phenolic OH excluding ortho intramolecular Hbond substituents is 2. The van der Waals surface area contributed by atoms with E-state index in [1.54, 1.807) is 111 Å². The van der Waals surface area contributed by atoms with Gasteiger partial charge < -0.3 is 51.9 Å². The summed E-state index contributed by atoms with van der Waals surface area (Å²) in [6, 6.07) is 43.0. The summed E-state index contributed by atoms with van der Waals surface area (Å²) >= 11 is 11.6. The number of rotatable bonds is 33. The summed E-state index contributed by atoms with van der Waals surface area (Å²) in [5, 5.41) is 63.3. The van der Waals surface area contributed by atoms with E-state index in [2.05, 4.69) is 123 Å². The standard InChI is InChI=1S/C23H29N5O4S.C15H23N3O4S.C13H21N5O3S.C10H10O2.C8H16N2O2.C7H6BrClO2S.C7H8BrNO2S.C4H7ClO2.C4H10N2.CH2O3.2K.H4N2.H/c1-2-4-19-5-3-6-20(23(19)30)15-25-26-22(29)17-28-13-11-27(12-14-28)16-18-7-9-21(10-8-18)33(24,31)32;1-2-22-15(19)12-18-9-7-17(8-10-18)11-13-3-5-14(6-4-13)23(16,20)21;14-16-13(19)10-18-7-5-17(6-8-18)9-11-1-3-12(4-2-11)22(15,20)21;1-2-4-8-5-3-6-9(7-11)10(8)12;1-2-12-8(11)7-10-5-3-9-4-6-10;2*8-5-6-1-3-7(4-2-6)12(9,10)11;1-2-7-4(6)3-5;1-2-6-4-3-5-1;2-1-4-3;;;1-2;/h2-3,5-10,15,30H,1,4,11-14,16-17H2,(H,26,29)(H2,24,31,32);3-6H,2,7-12H2,1H3,(H2,16,20,21);1-4H,5-10,14H2,(H,16,19)(H2,15,20,21);2-3,5-7,12H,1,4H2;9H,2-7H2,1H3;1-4H,5H2;1-4H,5H2,(H2,9,10,11);2-3H2,1H3;5-6H,1-4H2;1,3H;;;1-2H2;/q;;;;;;;;;;2*+1;;-1/p-1/b25-15+;;;;;;;;;;;;;. The van der Waals surface area contributed by atoms with Crippen molar-refractivity contribution in [3.63, 3.8) is 0 Å². The van der Waals surface area contributed by atoms with Crippen LogP contribution in [0.4, 0.5) is 0 Å². The molecule has 2 amide bonds. The van der Waals surface area contributed by atoms with Crippen molar-refractivity contribution >= 4 is 152 Å². The molecule has 0 unspecified atom stereocenters. The van der Waals surface area contributed by atoms with Gasteiger partial charge in [-0.3, -0.25) is 85.0 Å². The predicted molar refractivity (Wildman–Crippen MR) is 561 cm³/mol. The number of benzene rings is 7. The Morgan fingerprint density at radius 1 is 0.442 bits per heavy atom. The van der Waals surface area contributed by atoms with Crippen LogP contribution in [0.25, 0.3) is 0 Å². The van der Waals surface area contributed by atoms with Crippen LogP contribution in [-0.4, -0.2) is 318 Å². The zero-order chi connectivity index (χ0) is 108. The molecule has 0 aliphatic carbocycles. The van der Waals surface area contributed by atoms with Gasteiger partial charge in [0.2, 0.25) is 46.0 Å². The van der Waals surface area contributed by atoms with E-state index in [4.69, 9.17) is 68.2 Å². The van der Waals surface area contributed by atoms with Crippen molar-refractivity contribution in [3.8, 4) is 11.5 Å². The topological polar surface area (TPSA) is 668 Å². The van der Waals surface area contributed by atoms with Gasteiger partial charge in [0, 0.05) is 177 Å². The molecule has 0 bridgehead atoms. The SMILES string of the molecule is C1CNCCN1.C=CCc1cccc(/C=N/NC(=O)CN2CCN(Cc3ccc(S(N)(=O)=O)cc3)CC2)c1O.C=CCc1cccc(C=O)c1O.CCOC(=O)CCl.CCOC(=O)CN1CCN(Cc2ccc(S(N)(=O)=O)cc2)CC1.CCOC(=O)CN1CCNCC1.NN.NNC(=O)CN1CCN(Cc2ccc(S(N)(=O)=O)cc2)CC1.NS(=O)(=O)c1ccc(CBr)cc1.O=CO[O-].O=S(=O)(Cl)c1ccc(CBr)cc1.[H-].[K+].[K+]. The summed E-state index contributed by atoms with van der Waals surface area (Å²) in [7, 11) is -13.0. The number of hydrogen-bond donors (Lipinski definition) is 14. The number of aldehydes is 1. The van der Waals surface area contributed by atoms with Crippen LogP contribution in [0.15, 0.2) is 213 Å². The number of sulfonamides is 4. The van der Waals surface area contributed by atoms with Gasteiger partial charge in [0.15, 0.2) is 6.29 Å². The number of nitrogens with two attached hydrogens (primary N) is 7. The van der Waals surface area contributed by atoms with E-state index >= 15 is 0 Å². The number of esters is 3. The Labute approximate surface area is 975 Å². The Balaban J connectivity index is 0. The zero-order valence-corrected chi connectivity index (χ0v) is 98.1. The number of alkyl halides is 3. The number of amides is 2. The number of ether oxygens (including phenoxy) is 3. The van der Waals surface area contributed by atoms with Crippen molar-refractivity contribution in [2.24, 2.45) is 43.2 Å². The number of nitrogens with one attached hydrogen (secondary N) is 5. The molecule has 12 rings (SSSR count). The number of hydrazine groups is 2. The molecule has 0 radical (unpaired) electrons. The Kier molecular flexibility index (Phi) is 76.1. The summed E-state index contributed by atoms with van der Waals surface area (Å²) in [6.07, 6.45) is 6.59. The molecular weight excluding hydrogens is 2240 g/mol. The summed E-state index contributed by atoms with van der Waals surface area (Å²) in [5.74, 6) is 12.2.